The third-order valence-corrected chi connectivity index (χ3v) is 6.51. The monoisotopic (exact) mass is 348 g/mol. The summed E-state index contributed by atoms with van der Waals surface area (Å²) in [6.45, 7) is 0. The quantitative estimate of drug-likeness (QED) is 0.682. The van der Waals surface area contributed by atoms with Gasteiger partial charge in [-0.2, -0.15) is 0 Å². The fourth-order valence-electron chi connectivity index (χ4n) is 1.66. The molecule has 1 aliphatic rings. The van der Waals surface area contributed by atoms with E-state index in [1.807, 2.05) is 0 Å². The van der Waals surface area contributed by atoms with Gasteiger partial charge in [0.25, 0.3) is 0 Å². The van der Waals surface area contributed by atoms with Gasteiger partial charge in [-0.05, 0) is 0 Å². The molecule has 0 spiro atoms. The van der Waals surface area contributed by atoms with E-state index in [2.05, 4.69) is 24.3 Å². The van der Waals surface area contributed by atoms with Crippen molar-refractivity contribution in [2.24, 2.45) is 0 Å². The van der Waals surface area contributed by atoms with Crippen LogP contribution in [0.5, 0.6) is 0 Å². The van der Waals surface area contributed by atoms with Gasteiger partial charge in [-0.15, -0.1) is 0 Å². The molecule has 0 saturated carbocycles. The number of hydrogen-bond acceptors (Lipinski definition) is 2. The van der Waals surface area contributed by atoms with Gasteiger partial charge in [0, 0.05) is 0 Å². The first-order valence-electron chi connectivity index (χ1n) is 5.21. The van der Waals surface area contributed by atoms with Crippen molar-refractivity contribution in [3.05, 3.63) is 47.3 Å². The summed E-state index contributed by atoms with van der Waals surface area (Å²) < 4.78 is 11.6. The van der Waals surface area contributed by atoms with E-state index in [1.165, 1.54) is 0 Å². The van der Waals surface area contributed by atoms with Crippen LogP contribution in [0.3, 0.4) is 0 Å². The van der Waals surface area contributed by atoms with E-state index in [9.17, 15) is 0 Å². The van der Waals surface area contributed by atoms with Crippen LogP contribution in [-0.2, 0) is 21.3 Å². The molecule has 1 aliphatic heterocycles. The van der Waals surface area contributed by atoms with Gasteiger partial charge in [0.15, 0.2) is 0 Å². The van der Waals surface area contributed by atoms with E-state index in [4.69, 9.17) is 8.83 Å². The molecule has 0 fully saturated rings. The fourth-order valence-corrected chi connectivity index (χ4v) is 5.08. The Morgan fingerprint density at radius 2 is 0.938 bits per heavy atom. The van der Waals surface area contributed by atoms with Gasteiger partial charge in [0.05, 0.1) is 0 Å². The third kappa shape index (κ3) is 2.46. The predicted octanol–water partition coefficient (Wildman–Crippen LogP) is 1.99. The molecule has 0 aliphatic carbocycles. The van der Waals surface area contributed by atoms with Gasteiger partial charge in [-0.3, -0.25) is 0 Å². The third-order valence-electron chi connectivity index (χ3n) is 2.41. The minimum absolute atomic E-state index is 0.550. The molecule has 4 bridgehead atoms. The molecule has 0 amide bonds. The van der Waals surface area contributed by atoms with Gasteiger partial charge in [-0.1, -0.05) is 0 Å². The summed E-state index contributed by atoms with van der Waals surface area (Å²) >= 11 is 1.10. The molecule has 16 heavy (non-hydrogen) atoms. The molecular weight excluding hydrogens is 334 g/mol. The van der Waals surface area contributed by atoms with Crippen LogP contribution < -0.4 is 0 Å². The molecule has 2 aromatic rings. The Morgan fingerprint density at radius 3 is 1.25 bits per heavy atom. The molecule has 3 rings (SSSR count). The van der Waals surface area contributed by atoms with Crippen LogP contribution in [0, 0.1) is 0 Å². The Hall–Kier alpha value is -0.401. The predicted molar refractivity (Wildman–Crippen MR) is 63.7 cm³/mol. The fraction of sp³-hybridized carbons (Fsp3) is 0.333. The standard InChI is InChI=1S/C12H12O2Se2/c1-2-10-6-16-8-12-4-3-11(14-12)7-15-5-9(1)13-10/h1-4H,5-8H2. The maximum absolute atomic E-state index is 5.80. The summed E-state index contributed by atoms with van der Waals surface area (Å²) in [7, 11) is 0. The molecule has 0 aromatic carbocycles. The van der Waals surface area contributed by atoms with E-state index >= 15 is 0 Å². The molecule has 84 valence electrons. The Bertz CT molecular complexity index is 392. The van der Waals surface area contributed by atoms with Gasteiger partial charge < -0.3 is 0 Å². The molecule has 0 atom stereocenters. The van der Waals surface area contributed by atoms with Crippen molar-refractivity contribution in [2.75, 3.05) is 0 Å². The normalized spacial score (nSPS) is 16.5. The summed E-state index contributed by atoms with van der Waals surface area (Å²) in [5, 5.41) is 4.32. The average molecular weight is 346 g/mol. The number of hydrogen-bond donors (Lipinski definition) is 0. The molecular formula is C12H12O2Se2. The van der Waals surface area contributed by atoms with Crippen LogP contribution in [0.25, 0.3) is 0 Å². The van der Waals surface area contributed by atoms with Crippen LogP contribution in [0.2, 0.25) is 0 Å². The Kier molecular flexibility index (Phi) is 3.25. The minimum atomic E-state index is 0.550. The average Bonchev–Trinajstić information content (AvgIpc) is 2.88. The first-order chi connectivity index (χ1) is 7.90. The van der Waals surface area contributed by atoms with E-state index in [1.54, 1.807) is 0 Å². The van der Waals surface area contributed by atoms with Crippen molar-refractivity contribution in [3.63, 3.8) is 0 Å². The number of rotatable bonds is 0. The Labute approximate surface area is 107 Å². The van der Waals surface area contributed by atoms with Gasteiger partial charge in [0.2, 0.25) is 0 Å². The molecule has 2 aromatic heterocycles. The van der Waals surface area contributed by atoms with Crippen molar-refractivity contribution in [1.82, 2.24) is 0 Å². The first-order valence-corrected chi connectivity index (χ1v) is 10.1. The molecule has 2 nitrogen and oxygen atoms in total. The summed E-state index contributed by atoms with van der Waals surface area (Å²) in [6.07, 6.45) is 0. The van der Waals surface area contributed by atoms with E-state index < -0.39 is 0 Å². The van der Waals surface area contributed by atoms with E-state index in [-0.39, 0.29) is 0 Å². The van der Waals surface area contributed by atoms with Gasteiger partial charge >= 0.3 is 107 Å². The summed E-state index contributed by atoms with van der Waals surface area (Å²) in [5.41, 5.74) is 0. The van der Waals surface area contributed by atoms with Crippen LogP contribution >= 0.6 is 0 Å². The maximum atomic E-state index is 5.80. The summed E-state index contributed by atoms with van der Waals surface area (Å²) in [4.78, 5) is 0. The second-order valence-electron chi connectivity index (χ2n) is 3.72. The number of furan rings is 2. The van der Waals surface area contributed by atoms with Crippen molar-refractivity contribution in [3.8, 4) is 0 Å². The van der Waals surface area contributed by atoms with Crippen LogP contribution in [0.15, 0.2) is 33.1 Å². The van der Waals surface area contributed by atoms with E-state index in [0.717, 1.165) is 44.3 Å². The van der Waals surface area contributed by atoms with Gasteiger partial charge in [0.1, 0.15) is 0 Å². The molecule has 0 unspecified atom stereocenters. The van der Waals surface area contributed by atoms with E-state index in [0.29, 0.717) is 29.9 Å². The van der Waals surface area contributed by atoms with Crippen LogP contribution in [-0.4, -0.2) is 29.9 Å². The Balaban J connectivity index is 1.80. The molecule has 0 saturated heterocycles. The summed E-state index contributed by atoms with van der Waals surface area (Å²) in [6, 6.07) is 8.55. The molecule has 3 heterocycles. The molecule has 4 heteroatoms. The zero-order valence-corrected chi connectivity index (χ0v) is 12.2. The molecule has 0 N–H and O–H groups in total. The van der Waals surface area contributed by atoms with Crippen molar-refractivity contribution in [1.29, 1.82) is 0 Å². The summed E-state index contributed by atoms with van der Waals surface area (Å²) in [5.74, 6) is 4.60. The SMILES string of the molecule is c1cc2oc1C[Se]Cc1ccc(o1)C[Se]C2. The topological polar surface area (TPSA) is 26.3 Å². The second-order valence-corrected chi connectivity index (χ2v) is 7.86. The van der Waals surface area contributed by atoms with Crippen LogP contribution in [0.1, 0.15) is 23.0 Å². The van der Waals surface area contributed by atoms with Crippen LogP contribution in [0.4, 0.5) is 0 Å². The van der Waals surface area contributed by atoms with Crippen molar-refractivity contribution >= 4 is 29.9 Å². The second kappa shape index (κ2) is 4.85. The van der Waals surface area contributed by atoms with Crippen molar-refractivity contribution in [2.45, 2.75) is 21.3 Å². The zero-order chi connectivity index (χ0) is 10.8. The number of fused-ring (bicyclic) bond motifs is 4. The molecule has 0 radical (unpaired) electrons. The van der Waals surface area contributed by atoms with Crippen molar-refractivity contribution < 1.29 is 8.83 Å². The first kappa shape index (κ1) is 10.7. The zero-order valence-electron chi connectivity index (χ0n) is 8.77. The van der Waals surface area contributed by atoms with Gasteiger partial charge in [-0.25, -0.2) is 0 Å². The Morgan fingerprint density at radius 1 is 0.625 bits per heavy atom.